The third-order valence-corrected chi connectivity index (χ3v) is 0.910. The average molecular weight is 147 g/mol. The molecule has 0 amide bonds. The van der Waals surface area contributed by atoms with Gasteiger partial charge >= 0.3 is 0 Å². The first-order chi connectivity index (χ1) is 4.16. The van der Waals surface area contributed by atoms with Crippen LogP contribution in [-0.4, -0.2) is 19.2 Å². The Labute approximate surface area is 56.7 Å². The summed E-state index contributed by atoms with van der Waals surface area (Å²) in [6.45, 7) is 3.70. The highest BCUT2D eigenvalue weighted by molar-refractivity contribution is 7.40. The van der Waals surface area contributed by atoms with Crippen LogP contribution in [-0.2, 0) is 9.53 Å². The first-order valence-electron chi connectivity index (χ1n) is 2.42. The maximum atomic E-state index is 10.3. The number of hydrogen-bond acceptors (Lipinski definition) is 3. The molecule has 1 unspecified atom stereocenters. The van der Waals surface area contributed by atoms with Gasteiger partial charge in [-0.25, -0.2) is 0 Å². The minimum atomic E-state index is -0.0202. The van der Waals surface area contributed by atoms with Gasteiger partial charge in [0.1, 0.15) is 0 Å². The van der Waals surface area contributed by atoms with Crippen molar-refractivity contribution in [3.05, 3.63) is 12.5 Å². The van der Waals surface area contributed by atoms with E-state index in [1.807, 2.05) is 9.24 Å². The second kappa shape index (κ2) is 4.33. The maximum absolute atomic E-state index is 10.3. The number of hydrogen-bond donors (Lipinski definition) is 1. The summed E-state index contributed by atoms with van der Waals surface area (Å²) < 4.78 is 4.63. The first kappa shape index (κ1) is 8.44. The summed E-state index contributed by atoms with van der Waals surface area (Å²) >= 11 is 0. The predicted molar refractivity (Wildman–Crippen MR) is 38.9 cm³/mol. The molecule has 0 fully saturated rings. The quantitative estimate of drug-likeness (QED) is 0.452. The molecule has 0 heterocycles. The zero-order chi connectivity index (χ0) is 7.28. The van der Waals surface area contributed by atoms with Gasteiger partial charge in [-0.2, -0.15) is 0 Å². The Morgan fingerprint density at radius 3 is 2.78 bits per heavy atom. The van der Waals surface area contributed by atoms with Crippen LogP contribution in [0.5, 0.6) is 0 Å². The number of nitrogens with one attached hydrogen (secondary N) is 1. The fourth-order valence-corrected chi connectivity index (χ4v) is 0.360. The van der Waals surface area contributed by atoms with Crippen molar-refractivity contribution in [3.63, 3.8) is 0 Å². The van der Waals surface area contributed by atoms with Gasteiger partial charge in [0, 0.05) is 0 Å². The lowest BCUT2D eigenvalue weighted by molar-refractivity contribution is -0.110. The van der Waals surface area contributed by atoms with Crippen LogP contribution in [0.3, 0.4) is 0 Å². The molecule has 0 saturated carbocycles. The van der Waals surface area contributed by atoms with Crippen LogP contribution in [0.2, 0.25) is 0 Å². The van der Waals surface area contributed by atoms with Crippen molar-refractivity contribution in [3.8, 4) is 0 Å². The third kappa shape index (κ3) is 5.31. The van der Waals surface area contributed by atoms with Gasteiger partial charge in [0.05, 0.1) is 13.7 Å². The molecule has 0 aromatic rings. The SMILES string of the molecule is C=C(NCC(=O)P)OC. The lowest BCUT2D eigenvalue weighted by Gasteiger charge is -2.03. The molecule has 1 N–H and O–H groups in total. The second-order valence-electron chi connectivity index (χ2n) is 1.45. The fraction of sp³-hybridized carbons (Fsp3) is 0.400. The van der Waals surface area contributed by atoms with E-state index in [0.717, 1.165) is 0 Å². The van der Waals surface area contributed by atoms with E-state index in [2.05, 4.69) is 16.6 Å². The minimum Gasteiger partial charge on any atom is -0.483 e. The number of carbonyl (C=O) groups is 1. The van der Waals surface area contributed by atoms with Gasteiger partial charge in [-0.1, -0.05) is 9.24 Å². The van der Waals surface area contributed by atoms with Crippen molar-refractivity contribution < 1.29 is 9.53 Å². The van der Waals surface area contributed by atoms with E-state index in [-0.39, 0.29) is 12.1 Å². The Kier molecular flexibility index (Phi) is 4.06. The van der Waals surface area contributed by atoms with E-state index in [0.29, 0.717) is 5.88 Å². The summed E-state index contributed by atoms with van der Waals surface area (Å²) in [5, 5.41) is 2.64. The number of methoxy groups -OCH3 is 1. The van der Waals surface area contributed by atoms with Crippen LogP contribution in [0.4, 0.5) is 0 Å². The summed E-state index contributed by atoms with van der Waals surface area (Å²) in [5.74, 6) is 0.408. The van der Waals surface area contributed by atoms with Gasteiger partial charge in [-0.15, -0.1) is 0 Å². The smallest absolute Gasteiger partial charge is 0.179 e. The molecule has 0 spiro atoms. The maximum Gasteiger partial charge on any atom is 0.179 e. The molecule has 0 aromatic carbocycles. The monoisotopic (exact) mass is 147 g/mol. The van der Waals surface area contributed by atoms with Gasteiger partial charge < -0.3 is 10.1 Å². The van der Waals surface area contributed by atoms with Crippen LogP contribution in [0.1, 0.15) is 0 Å². The number of ether oxygens (including phenoxy) is 1. The van der Waals surface area contributed by atoms with Crippen molar-refractivity contribution in [2.24, 2.45) is 0 Å². The number of carbonyl (C=O) groups excluding carboxylic acids is 1. The average Bonchev–Trinajstić information content (AvgIpc) is 1.83. The Morgan fingerprint density at radius 1 is 1.89 bits per heavy atom. The van der Waals surface area contributed by atoms with E-state index in [9.17, 15) is 4.79 Å². The molecule has 0 aromatic heterocycles. The second-order valence-corrected chi connectivity index (χ2v) is 2.09. The molecular formula is C5H10NO2P. The first-order valence-corrected chi connectivity index (χ1v) is 2.99. The van der Waals surface area contributed by atoms with Crippen molar-refractivity contribution in [2.45, 2.75) is 0 Å². The molecular weight excluding hydrogens is 137 g/mol. The molecule has 0 aliphatic carbocycles. The van der Waals surface area contributed by atoms with Gasteiger partial charge in [0.25, 0.3) is 0 Å². The highest BCUT2D eigenvalue weighted by Crippen LogP contribution is 1.85. The van der Waals surface area contributed by atoms with Crippen molar-refractivity contribution >= 4 is 14.8 Å². The summed E-state index contributed by atoms with van der Waals surface area (Å²) in [6.07, 6.45) is 0. The van der Waals surface area contributed by atoms with Crippen molar-refractivity contribution in [1.82, 2.24) is 5.32 Å². The molecule has 9 heavy (non-hydrogen) atoms. The summed E-state index contributed by atoms with van der Waals surface area (Å²) in [6, 6.07) is 0. The topological polar surface area (TPSA) is 38.3 Å². The highest BCUT2D eigenvalue weighted by Gasteiger charge is 1.91. The Hall–Kier alpha value is -0.560. The van der Waals surface area contributed by atoms with Gasteiger partial charge in [-0.05, 0) is 6.58 Å². The molecule has 1 atom stereocenters. The zero-order valence-corrected chi connectivity index (χ0v) is 6.46. The summed E-state index contributed by atoms with van der Waals surface area (Å²) in [4.78, 5) is 10.3. The van der Waals surface area contributed by atoms with Crippen molar-refractivity contribution in [2.75, 3.05) is 13.7 Å². The molecule has 0 aliphatic heterocycles. The third-order valence-electron chi connectivity index (χ3n) is 0.706. The largest absolute Gasteiger partial charge is 0.483 e. The molecule has 0 bridgehead atoms. The van der Waals surface area contributed by atoms with Gasteiger partial charge in [0.2, 0.25) is 0 Å². The van der Waals surface area contributed by atoms with Crippen LogP contribution >= 0.6 is 9.24 Å². The highest BCUT2D eigenvalue weighted by atomic mass is 31.0. The molecule has 0 saturated heterocycles. The molecule has 0 radical (unpaired) electrons. The molecule has 52 valence electrons. The van der Waals surface area contributed by atoms with Gasteiger partial charge in [0.15, 0.2) is 11.4 Å². The fourth-order valence-electron chi connectivity index (χ4n) is 0.258. The summed E-state index contributed by atoms with van der Waals surface area (Å²) in [7, 11) is 3.53. The van der Waals surface area contributed by atoms with Crippen molar-refractivity contribution in [1.29, 1.82) is 0 Å². The molecule has 3 nitrogen and oxygen atoms in total. The lowest BCUT2D eigenvalue weighted by atomic mass is 10.7. The Morgan fingerprint density at radius 2 is 2.44 bits per heavy atom. The van der Waals surface area contributed by atoms with Crippen LogP contribution in [0.15, 0.2) is 12.5 Å². The molecule has 4 heteroatoms. The lowest BCUT2D eigenvalue weighted by Crippen LogP contribution is -2.18. The van der Waals surface area contributed by atoms with Gasteiger partial charge in [-0.3, -0.25) is 4.79 Å². The van der Waals surface area contributed by atoms with Crippen LogP contribution < -0.4 is 5.32 Å². The van der Waals surface area contributed by atoms with Crippen LogP contribution in [0.25, 0.3) is 0 Å². The summed E-state index contributed by atoms with van der Waals surface area (Å²) in [5.41, 5.74) is -0.0202. The van der Waals surface area contributed by atoms with E-state index in [1.165, 1.54) is 7.11 Å². The molecule has 0 rings (SSSR count). The van der Waals surface area contributed by atoms with E-state index in [4.69, 9.17) is 0 Å². The zero-order valence-electron chi connectivity index (χ0n) is 5.31. The van der Waals surface area contributed by atoms with Crippen LogP contribution in [0, 0.1) is 0 Å². The minimum absolute atomic E-state index is 0.0202. The van der Waals surface area contributed by atoms with E-state index in [1.54, 1.807) is 0 Å². The normalized spacial score (nSPS) is 8.22. The molecule has 0 aliphatic rings. The standard InChI is InChI=1S/C5H10NO2P/c1-4(8-2)6-3-5(7)9/h6H,1,3,9H2,2H3. The number of rotatable bonds is 4. The van der Waals surface area contributed by atoms with E-state index < -0.39 is 0 Å². The van der Waals surface area contributed by atoms with E-state index >= 15 is 0 Å². The Bertz CT molecular complexity index is 124. The predicted octanol–water partition coefficient (Wildman–Crippen LogP) is 0.0953. The Balaban J connectivity index is 3.28.